The molecule has 31 heavy (non-hydrogen) atoms. The lowest BCUT2D eigenvalue weighted by atomic mass is 10.0. The molecular formula is C27H30N4. The van der Waals surface area contributed by atoms with Crippen LogP contribution in [-0.2, 0) is 6.42 Å². The predicted octanol–water partition coefficient (Wildman–Crippen LogP) is 5.78. The van der Waals surface area contributed by atoms with E-state index in [1.165, 1.54) is 28.0 Å². The number of anilines is 1. The van der Waals surface area contributed by atoms with Gasteiger partial charge in [0, 0.05) is 30.6 Å². The van der Waals surface area contributed by atoms with Crippen molar-refractivity contribution in [1.29, 1.82) is 0 Å². The molecule has 1 aliphatic heterocycles. The highest BCUT2D eigenvalue weighted by Crippen LogP contribution is 2.23. The third kappa shape index (κ3) is 5.68. The van der Waals surface area contributed by atoms with Gasteiger partial charge in [-0.2, -0.15) is 0 Å². The van der Waals surface area contributed by atoms with Gasteiger partial charge in [-0.15, -0.1) is 0 Å². The van der Waals surface area contributed by atoms with Gasteiger partial charge >= 0.3 is 0 Å². The molecule has 3 aromatic rings. The third-order valence-corrected chi connectivity index (χ3v) is 5.49. The van der Waals surface area contributed by atoms with Gasteiger partial charge < -0.3 is 10.6 Å². The Labute approximate surface area is 185 Å². The number of aryl methyl sites for hydroxylation is 1. The zero-order chi connectivity index (χ0) is 21.5. The van der Waals surface area contributed by atoms with Gasteiger partial charge in [-0.1, -0.05) is 43.3 Å². The van der Waals surface area contributed by atoms with E-state index in [9.17, 15) is 0 Å². The Kier molecular flexibility index (Phi) is 6.90. The lowest BCUT2D eigenvalue weighted by Crippen LogP contribution is -2.20. The van der Waals surface area contributed by atoms with Crippen LogP contribution in [0.2, 0.25) is 0 Å². The van der Waals surface area contributed by atoms with Crippen LogP contribution >= 0.6 is 0 Å². The fourth-order valence-electron chi connectivity index (χ4n) is 3.87. The van der Waals surface area contributed by atoms with Gasteiger partial charge in [-0.05, 0) is 72.8 Å². The maximum atomic E-state index is 4.68. The summed E-state index contributed by atoms with van der Waals surface area (Å²) in [5.74, 6) is 0. The van der Waals surface area contributed by atoms with E-state index in [4.69, 9.17) is 0 Å². The number of pyridine rings is 2. The number of nitrogens with zero attached hydrogens (tertiary/aromatic N) is 2. The topological polar surface area (TPSA) is 49.8 Å². The molecule has 2 aromatic heterocycles. The largest absolute Gasteiger partial charge is 0.358 e. The SMILES string of the molecule is CC/C=C(/Cc1ccc(-c2ccnc(C)c2)cc1)Nc1ccc(C2=CCNCC2)nc1. The molecule has 3 heterocycles. The average Bonchev–Trinajstić information content (AvgIpc) is 2.81. The molecule has 0 atom stereocenters. The van der Waals surface area contributed by atoms with Crippen LogP contribution < -0.4 is 10.6 Å². The van der Waals surface area contributed by atoms with Crippen LogP contribution in [0.5, 0.6) is 0 Å². The van der Waals surface area contributed by atoms with E-state index in [2.05, 4.69) is 88.2 Å². The first-order valence-electron chi connectivity index (χ1n) is 11.1. The van der Waals surface area contributed by atoms with Crippen LogP contribution in [0, 0.1) is 6.92 Å². The Bertz CT molecular complexity index is 1060. The minimum Gasteiger partial charge on any atom is -0.358 e. The third-order valence-electron chi connectivity index (χ3n) is 5.49. The van der Waals surface area contributed by atoms with Gasteiger partial charge in [0.25, 0.3) is 0 Å². The number of nitrogens with one attached hydrogen (secondary N) is 2. The Morgan fingerprint density at radius 1 is 1.06 bits per heavy atom. The molecule has 4 nitrogen and oxygen atoms in total. The van der Waals surface area contributed by atoms with Gasteiger partial charge in [-0.3, -0.25) is 9.97 Å². The molecule has 1 aliphatic rings. The van der Waals surface area contributed by atoms with Gasteiger partial charge in [0.05, 0.1) is 17.6 Å². The van der Waals surface area contributed by atoms with Crippen LogP contribution in [0.1, 0.15) is 36.7 Å². The minimum atomic E-state index is 0.863. The maximum Gasteiger partial charge on any atom is 0.0661 e. The van der Waals surface area contributed by atoms with Crippen molar-refractivity contribution in [3.63, 3.8) is 0 Å². The second-order valence-corrected chi connectivity index (χ2v) is 7.94. The highest BCUT2D eigenvalue weighted by atomic mass is 14.9. The first kappa shape index (κ1) is 21.0. The quantitative estimate of drug-likeness (QED) is 0.519. The highest BCUT2D eigenvalue weighted by Gasteiger charge is 2.08. The standard InChI is InChI=1S/C27H30N4/c1-3-4-25(31-26-9-10-27(30-19-26)23-11-14-28-15-12-23)18-21-5-7-22(8-6-21)24-13-16-29-20(2)17-24/h4-11,13,16-17,19,28,31H,3,12,14-15,18H2,1-2H3/b25-4-. The molecule has 4 heteroatoms. The van der Waals surface area contributed by atoms with Gasteiger partial charge in [0.1, 0.15) is 0 Å². The molecule has 0 amide bonds. The predicted molar refractivity (Wildman–Crippen MR) is 130 cm³/mol. The fourth-order valence-corrected chi connectivity index (χ4v) is 3.87. The zero-order valence-corrected chi connectivity index (χ0v) is 18.4. The summed E-state index contributed by atoms with van der Waals surface area (Å²) in [6, 6.07) is 17.2. The Hall–Kier alpha value is -3.24. The van der Waals surface area contributed by atoms with Crippen molar-refractivity contribution in [3.05, 3.63) is 95.7 Å². The van der Waals surface area contributed by atoms with Gasteiger partial charge in [0.2, 0.25) is 0 Å². The Morgan fingerprint density at radius 3 is 2.61 bits per heavy atom. The van der Waals surface area contributed by atoms with E-state index >= 15 is 0 Å². The van der Waals surface area contributed by atoms with Crippen molar-refractivity contribution < 1.29 is 0 Å². The number of aromatic nitrogens is 2. The van der Waals surface area contributed by atoms with E-state index in [0.29, 0.717) is 0 Å². The number of hydrogen-bond acceptors (Lipinski definition) is 4. The molecule has 0 saturated heterocycles. The molecule has 0 saturated carbocycles. The average molecular weight is 411 g/mol. The fraction of sp³-hybridized carbons (Fsp3) is 0.259. The Balaban J connectivity index is 1.43. The summed E-state index contributed by atoms with van der Waals surface area (Å²) in [6.45, 7) is 6.15. The first-order valence-corrected chi connectivity index (χ1v) is 11.1. The molecule has 0 fully saturated rings. The van der Waals surface area contributed by atoms with Crippen molar-refractivity contribution in [1.82, 2.24) is 15.3 Å². The molecule has 158 valence electrons. The summed E-state index contributed by atoms with van der Waals surface area (Å²) < 4.78 is 0. The molecule has 0 radical (unpaired) electrons. The lowest BCUT2D eigenvalue weighted by molar-refractivity contribution is 0.737. The molecular weight excluding hydrogens is 380 g/mol. The van der Waals surface area contributed by atoms with Crippen molar-refractivity contribution >= 4 is 11.3 Å². The summed E-state index contributed by atoms with van der Waals surface area (Å²) in [5, 5.41) is 6.92. The Morgan fingerprint density at radius 2 is 1.94 bits per heavy atom. The maximum absolute atomic E-state index is 4.68. The van der Waals surface area contributed by atoms with Crippen molar-refractivity contribution in [2.45, 2.75) is 33.1 Å². The van der Waals surface area contributed by atoms with Crippen molar-refractivity contribution in [2.24, 2.45) is 0 Å². The summed E-state index contributed by atoms with van der Waals surface area (Å²) in [7, 11) is 0. The summed E-state index contributed by atoms with van der Waals surface area (Å²) >= 11 is 0. The molecule has 2 N–H and O–H groups in total. The molecule has 0 unspecified atom stereocenters. The van der Waals surface area contributed by atoms with Crippen LogP contribution in [0.3, 0.4) is 0 Å². The normalized spacial score (nSPS) is 14.3. The van der Waals surface area contributed by atoms with E-state index in [1.807, 2.05) is 19.3 Å². The molecule has 1 aromatic carbocycles. The molecule has 0 spiro atoms. The second kappa shape index (κ2) is 10.2. The summed E-state index contributed by atoms with van der Waals surface area (Å²) in [4.78, 5) is 8.97. The van der Waals surface area contributed by atoms with Crippen molar-refractivity contribution in [3.8, 4) is 11.1 Å². The number of allylic oxidation sites excluding steroid dienone is 2. The summed E-state index contributed by atoms with van der Waals surface area (Å²) in [6.07, 6.45) is 11.2. The number of rotatable bonds is 7. The molecule has 0 bridgehead atoms. The number of benzene rings is 1. The first-order chi connectivity index (χ1) is 15.2. The van der Waals surface area contributed by atoms with Gasteiger partial charge in [-0.25, -0.2) is 0 Å². The van der Waals surface area contributed by atoms with Crippen LogP contribution in [0.25, 0.3) is 16.7 Å². The second-order valence-electron chi connectivity index (χ2n) is 7.94. The van der Waals surface area contributed by atoms with E-state index < -0.39 is 0 Å². The zero-order valence-electron chi connectivity index (χ0n) is 18.4. The van der Waals surface area contributed by atoms with Gasteiger partial charge in [0.15, 0.2) is 0 Å². The van der Waals surface area contributed by atoms with Crippen molar-refractivity contribution in [2.75, 3.05) is 18.4 Å². The summed E-state index contributed by atoms with van der Waals surface area (Å²) in [5.41, 5.74) is 9.38. The van der Waals surface area contributed by atoms with E-state index in [0.717, 1.165) is 49.4 Å². The van der Waals surface area contributed by atoms with E-state index in [1.54, 1.807) is 0 Å². The lowest BCUT2D eigenvalue weighted by Gasteiger charge is -2.15. The molecule has 4 rings (SSSR count). The molecule has 0 aliphatic carbocycles. The minimum absolute atomic E-state index is 0.863. The van der Waals surface area contributed by atoms with Crippen LogP contribution in [-0.4, -0.2) is 23.1 Å². The highest BCUT2D eigenvalue weighted by molar-refractivity contribution is 5.65. The van der Waals surface area contributed by atoms with Crippen LogP contribution in [0.4, 0.5) is 5.69 Å². The smallest absolute Gasteiger partial charge is 0.0661 e. The van der Waals surface area contributed by atoms with E-state index in [-0.39, 0.29) is 0 Å². The number of hydrogen-bond donors (Lipinski definition) is 2. The van der Waals surface area contributed by atoms with Crippen LogP contribution in [0.15, 0.2) is 78.8 Å². The monoisotopic (exact) mass is 410 g/mol.